The topological polar surface area (TPSA) is 52.6 Å². The third-order valence-electron chi connectivity index (χ3n) is 3.33. The van der Waals surface area contributed by atoms with Crippen molar-refractivity contribution >= 4 is 34.6 Å². The number of fused-ring (bicyclic) bond motifs is 2. The minimum Gasteiger partial charge on any atom is -0.369 e. The lowest BCUT2D eigenvalue weighted by Gasteiger charge is -2.23. The van der Waals surface area contributed by atoms with Crippen LogP contribution in [0.2, 0.25) is 0 Å². The summed E-state index contributed by atoms with van der Waals surface area (Å²) in [6.07, 6.45) is -1.12. The van der Waals surface area contributed by atoms with E-state index in [0.29, 0.717) is 17.1 Å². The van der Waals surface area contributed by atoms with Crippen molar-refractivity contribution in [1.29, 1.82) is 0 Å². The summed E-state index contributed by atoms with van der Waals surface area (Å²) < 4.78 is 13.5. The van der Waals surface area contributed by atoms with Gasteiger partial charge in [0.15, 0.2) is 6.23 Å². The second-order valence-corrected chi connectivity index (χ2v) is 4.90. The predicted molar refractivity (Wildman–Crippen MR) is 79.3 cm³/mol. The molecule has 108 valence electrons. The molecule has 0 fully saturated rings. The van der Waals surface area contributed by atoms with E-state index in [0.717, 1.165) is 0 Å². The number of hydrogen-bond acceptors (Lipinski definition) is 3. The van der Waals surface area contributed by atoms with Gasteiger partial charge in [0, 0.05) is 5.56 Å². The third kappa shape index (κ3) is 2.34. The number of aliphatic hydroxyl groups is 1. The molecular formula is C15H12ClFN2O2. The normalized spacial score (nSPS) is 16.5. The summed E-state index contributed by atoms with van der Waals surface area (Å²) in [6, 6.07) is 10.9. The van der Waals surface area contributed by atoms with E-state index < -0.39 is 12.0 Å². The molecule has 0 aromatic heterocycles. The van der Waals surface area contributed by atoms with Gasteiger partial charge in [0.05, 0.1) is 17.1 Å². The van der Waals surface area contributed by atoms with Gasteiger partial charge in [-0.25, -0.2) is 4.39 Å². The van der Waals surface area contributed by atoms with Crippen molar-refractivity contribution < 1.29 is 14.3 Å². The Hall–Kier alpha value is -2.11. The lowest BCUT2D eigenvalue weighted by atomic mass is 10.1. The van der Waals surface area contributed by atoms with E-state index in [9.17, 15) is 14.3 Å². The zero-order chi connectivity index (χ0) is 15.0. The van der Waals surface area contributed by atoms with Gasteiger partial charge in [-0.1, -0.05) is 12.1 Å². The van der Waals surface area contributed by atoms with Gasteiger partial charge in [0.25, 0.3) is 0 Å². The highest BCUT2D eigenvalue weighted by atomic mass is 35.5. The number of para-hydroxylation sites is 2. The summed E-state index contributed by atoms with van der Waals surface area (Å²) in [5.74, 6) is -1.06. The third-order valence-corrected chi connectivity index (χ3v) is 3.55. The van der Waals surface area contributed by atoms with Crippen LogP contribution in [0.25, 0.3) is 0 Å². The van der Waals surface area contributed by atoms with E-state index in [1.54, 1.807) is 24.3 Å². The van der Waals surface area contributed by atoms with E-state index >= 15 is 0 Å². The molecule has 0 saturated heterocycles. The van der Waals surface area contributed by atoms with Crippen LogP contribution in [-0.4, -0.2) is 16.9 Å². The number of hydrogen-bond donors (Lipinski definition) is 2. The maximum Gasteiger partial charge on any atom is 0.246 e. The van der Waals surface area contributed by atoms with Crippen molar-refractivity contribution in [2.24, 2.45) is 0 Å². The summed E-state index contributed by atoms with van der Waals surface area (Å²) in [5.41, 5.74) is 1.82. The maximum atomic E-state index is 13.5. The number of aliphatic hydroxyl groups excluding tert-OH is 1. The van der Waals surface area contributed by atoms with E-state index in [1.807, 2.05) is 0 Å². The van der Waals surface area contributed by atoms with Gasteiger partial charge in [-0.05, 0) is 30.3 Å². The Bertz CT molecular complexity index is 708. The fraction of sp³-hybridized carbons (Fsp3) is 0.133. The minimum absolute atomic E-state index is 0.221. The van der Waals surface area contributed by atoms with Crippen LogP contribution < -0.4 is 10.2 Å². The zero-order valence-electron chi connectivity index (χ0n) is 10.9. The number of nitrogens with one attached hydrogen (secondary N) is 1. The largest absolute Gasteiger partial charge is 0.369 e. The van der Waals surface area contributed by atoms with Crippen LogP contribution in [0, 0.1) is 5.82 Å². The Balaban J connectivity index is 2.27. The van der Waals surface area contributed by atoms with Crippen molar-refractivity contribution in [3.8, 4) is 0 Å². The first kappa shape index (κ1) is 13.9. The average Bonchev–Trinajstić information content (AvgIpc) is 2.61. The molecular weight excluding hydrogens is 295 g/mol. The van der Waals surface area contributed by atoms with Gasteiger partial charge >= 0.3 is 0 Å². The first-order valence-corrected chi connectivity index (χ1v) is 6.87. The Kier molecular flexibility index (Phi) is 3.53. The highest BCUT2D eigenvalue weighted by Gasteiger charge is 2.29. The molecule has 0 spiro atoms. The molecule has 1 unspecified atom stereocenters. The molecule has 1 heterocycles. The molecule has 2 aromatic carbocycles. The molecule has 1 aliphatic rings. The standard InChI is InChI=1S/C15H12ClFN2O2/c16-8-14(20)19-12-6-5-9(17)7-10(12)15(21)18-11-3-1-2-4-13(11)19/h1-7,15,18,21H,8H2. The van der Waals surface area contributed by atoms with E-state index in [4.69, 9.17) is 11.6 Å². The summed E-state index contributed by atoms with van der Waals surface area (Å²) in [4.78, 5) is 13.6. The molecule has 4 nitrogen and oxygen atoms in total. The molecule has 1 atom stereocenters. The van der Waals surface area contributed by atoms with Crippen LogP contribution >= 0.6 is 11.6 Å². The molecule has 0 aliphatic carbocycles. The Morgan fingerprint density at radius 1 is 1.29 bits per heavy atom. The maximum absolute atomic E-state index is 13.5. The van der Waals surface area contributed by atoms with Crippen LogP contribution in [0.5, 0.6) is 0 Å². The molecule has 0 radical (unpaired) electrons. The molecule has 2 aromatic rings. The number of benzene rings is 2. The number of carbonyl (C=O) groups is 1. The van der Waals surface area contributed by atoms with Crippen molar-refractivity contribution in [2.75, 3.05) is 16.1 Å². The summed E-state index contributed by atoms with van der Waals surface area (Å²) in [7, 11) is 0. The average molecular weight is 307 g/mol. The summed E-state index contributed by atoms with van der Waals surface area (Å²) in [6.45, 7) is 0. The number of halogens is 2. The smallest absolute Gasteiger partial charge is 0.246 e. The number of nitrogens with zero attached hydrogens (tertiary/aromatic N) is 1. The van der Waals surface area contributed by atoms with Crippen LogP contribution in [-0.2, 0) is 4.79 Å². The second kappa shape index (κ2) is 5.35. The van der Waals surface area contributed by atoms with Crippen LogP contribution in [0.1, 0.15) is 11.8 Å². The highest BCUT2D eigenvalue weighted by Crippen LogP contribution is 2.41. The lowest BCUT2D eigenvalue weighted by Crippen LogP contribution is -2.27. The molecule has 1 aliphatic heterocycles. The van der Waals surface area contributed by atoms with Crippen molar-refractivity contribution in [3.63, 3.8) is 0 Å². The number of anilines is 3. The predicted octanol–water partition coefficient (Wildman–Crippen LogP) is 3.15. The van der Waals surface area contributed by atoms with Gasteiger partial charge in [-0.15, -0.1) is 11.6 Å². The SMILES string of the molecule is O=C(CCl)N1c2ccccc2NC(O)c2cc(F)ccc21. The van der Waals surface area contributed by atoms with Gasteiger partial charge < -0.3 is 10.4 Å². The van der Waals surface area contributed by atoms with Gasteiger partial charge in [0.2, 0.25) is 5.91 Å². The Labute approximate surface area is 125 Å². The summed E-state index contributed by atoms with van der Waals surface area (Å²) in [5, 5.41) is 13.1. The lowest BCUT2D eigenvalue weighted by molar-refractivity contribution is -0.115. The quantitative estimate of drug-likeness (QED) is 0.796. The van der Waals surface area contributed by atoms with E-state index in [-0.39, 0.29) is 17.4 Å². The van der Waals surface area contributed by atoms with Crippen LogP contribution in [0.3, 0.4) is 0 Å². The first-order chi connectivity index (χ1) is 10.1. The van der Waals surface area contributed by atoms with Gasteiger partial charge in [0.1, 0.15) is 11.7 Å². The number of carbonyl (C=O) groups excluding carboxylic acids is 1. The van der Waals surface area contributed by atoms with Crippen molar-refractivity contribution in [1.82, 2.24) is 0 Å². The molecule has 0 saturated carbocycles. The first-order valence-electron chi connectivity index (χ1n) is 6.34. The summed E-state index contributed by atoms with van der Waals surface area (Å²) >= 11 is 5.69. The monoisotopic (exact) mass is 306 g/mol. The van der Waals surface area contributed by atoms with Crippen molar-refractivity contribution in [3.05, 3.63) is 53.8 Å². The molecule has 6 heteroatoms. The van der Waals surface area contributed by atoms with Gasteiger partial charge in [-0.2, -0.15) is 0 Å². The fourth-order valence-electron chi connectivity index (χ4n) is 2.42. The minimum atomic E-state index is -1.12. The van der Waals surface area contributed by atoms with Gasteiger partial charge in [-0.3, -0.25) is 9.69 Å². The Morgan fingerprint density at radius 3 is 2.81 bits per heavy atom. The molecule has 3 rings (SSSR count). The highest BCUT2D eigenvalue weighted by molar-refractivity contribution is 6.30. The zero-order valence-corrected chi connectivity index (χ0v) is 11.6. The Morgan fingerprint density at radius 2 is 2.05 bits per heavy atom. The van der Waals surface area contributed by atoms with Crippen LogP contribution in [0.15, 0.2) is 42.5 Å². The molecule has 0 bridgehead atoms. The second-order valence-electron chi connectivity index (χ2n) is 4.63. The number of alkyl halides is 1. The van der Waals surface area contributed by atoms with Crippen molar-refractivity contribution in [2.45, 2.75) is 6.23 Å². The van der Waals surface area contributed by atoms with Crippen LogP contribution in [0.4, 0.5) is 21.5 Å². The van der Waals surface area contributed by atoms with E-state index in [1.165, 1.54) is 23.1 Å². The molecule has 21 heavy (non-hydrogen) atoms. The fourth-order valence-corrected chi connectivity index (χ4v) is 2.54. The molecule has 2 N–H and O–H groups in total. The number of rotatable bonds is 1. The molecule has 1 amide bonds. The van der Waals surface area contributed by atoms with E-state index in [2.05, 4.69) is 5.32 Å². The number of amides is 1.